The second kappa shape index (κ2) is 7.08. The number of fused-ring (bicyclic) bond motifs is 1. The summed E-state index contributed by atoms with van der Waals surface area (Å²) in [5.41, 5.74) is 1.97. The first-order valence-electron chi connectivity index (χ1n) is 8.87. The van der Waals surface area contributed by atoms with Crippen molar-refractivity contribution in [1.29, 1.82) is 0 Å². The number of amides is 2. The van der Waals surface area contributed by atoms with Crippen molar-refractivity contribution in [3.63, 3.8) is 0 Å². The molecule has 4 heterocycles. The number of pyridine rings is 1. The van der Waals surface area contributed by atoms with E-state index in [0.717, 1.165) is 5.69 Å². The molecule has 1 aliphatic rings. The largest absolute Gasteiger partial charge is 0.459 e. The number of piperazine rings is 1. The number of hydrogen-bond acceptors (Lipinski definition) is 4. The van der Waals surface area contributed by atoms with Gasteiger partial charge in [-0.25, -0.2) is 4.98 Å². The van der Waals surface area contributed by atoms with Gasteiger partial charge in [0.1, 0.15) is 11.3 Å². The van der Waals surface area contributed by atoms with Crippen LogP contribution in [0.3, 0.4) is 0 Å². The minimum Gasteiger partial charge on any atom is -0.459 e. The van der Waals surface area contributed by atoms with Crippen molar-refractivity contribution in [3.8, 4) is 0 Å². The second-order valence-corrected chi connectivity index (χ2v) is 6.83. The normalized spacial score (nSPS) is 14.7. The average Bonchev–Trinajstić information content (AvgIpc) is 3.34. The summed E-state index contributed by atoms with van der Waals surface area (Å²) < 4.78 is 6.96. The van der Waals surface area contributed by atoms with Crippen LogP contribution in [-0.2, 0) is 6.42 Å². The predicted octanol–water partition coefficient (Wildman–Crippen LogP) is 2.74. The maximum absolute atomic E-state index is 13.2. The van der Waals surface area contributed by atoms with Crippen LogP contribution in [-0.4, -0.2) is 57.2 Å². The third-order valence-electron chi connectivity index (χ3n) is 4.78. The quantitative estimate of drug-likeness (QED) is 0.694. The van der Waals surface area contributed by atoms with Crippen LogP contribution in [0.2, 0.25) is 5.02 Å². The number of carbonyl (C=O) groups is 2. The average molecular weight is 387 g/mol. The first-order chi connectivity index (χ1) is 13.1. The van der Waals surface area contributed by atoms with Crippen molar-refractivity contribution in [2.75, 3.05) is 26.2 Å². The standard InChI is InChI=1S/C19H19ClN4O3/c1-2-14-17(24-6-5-13(20)12-16(24)21-14)19(26)23-9-7-22(8-10-23)18(25)15-4-3-11-27-15/h3-6,11-12H,2,7-10H2,1H3. The SMILES string of the molecule is CCc1nc2cc(Cl)ccn2c1C(=O)N1CCN(C(=O)c2ccco2)CC1. The number of rotatable bonds is 3. The van der Waals surface area contributed by atoms with Gasteiger partial charge in [0, 0.05) is 43.5 Å². The summed E-state index contributed by atoms with van der Waals surface area (Å²) in [6, 6.07) is 6.83. The van der Waals surface area contributed by atoms with Gasteiger partial charge in [-0.1, -0.05) is 18.5 Å². The lowest BCUT2D eigenvalue weighted by Gasteiger charge is -2.34. The third kappa shape index (κ3) is 3.19. The van der Waals surface area contributed by atoms with E-state index in [4.69, 9.17) is 16.0 Å². The lowest BCUT2D eigenvalue weighted by molar-refractivity contribution is 0.0514. The Bertz CT molecular complexity index is 988. The lowest BCUT2D eigenvalue weighted by Crippen LogP contribution is -2.50. The molecule has 0 aromatic carbocycles. The second-order valence-electron chi connectivity index (χ2n) is 6.40. The topological polar surface area (TPSA) is 71.1 Å². The summed E-state index contributed by atoms with van der Waals surface area (Å²) in [6.07, 6.45) is 3.90. The van der Waals surface area contributed by atoms with Gasteiger partial charge >= 0.3 is 0 Å². The molecular weight excluding hydrogens is 368 g/mol. The molecule has 3 aromatic heterocycles. The van der Waals surface area contributed by atoms with Crippen molar-refractivity contribution in [1.82, 2.24) is 19.2 Å². The van der Waals surface area contributed by atoms with E-state index in [2.05, 4.69) is 4.98 Å². The summed E-state index contributed by atoms with van der Waals surface area (Å²) in [5.74, 6) is 0.0965. The van der Waals surface area contributed by atoms with Crippen molar-refractivity contribution < 1.29 is 14.0 Å². The molecule has 1 saturated heterocycles. The number of carbonyl (C=O) groups excluding carboxylic acids is 2. The molecule has 0 radical (unpaired) electrons. The highest BCUT2D eigenvalue weighted by molar-refractivity contribution is 6.30. The maximum Gasteiger partial charge on any atom is 0.289 e. The van der Waals surface area contributed by atoms with Crippen molar-refractivity contribution >= 4 is 29.1 Å². The van der Waals surface area contributed by atoms with Crippen LogP contribution in [0.25, 0.3) is 5.65 Å². The minimum absolute atomic E-state index is 0.0771. The van der Waals surface area contributed by atoms with Gasteiger partial charge in [0.25, 0.3) is 11.8 Å². The van der Waals surface area contributed by atoms with Crippen molar-refractivity contribution in [2.24, 2.45) is 0 Å². The molecule has 0 bridgehead atoms. The van der Waals surface area contributed by atoms with Gasteiger partial charge in [0.15, 0.2) is 5.76 Å². The number of hydrogen-bond donors (Lipinski definition) is 0. The Morgan fingerprint density at radius 1 is 1.15 bits per heavy atom. The molecular formula is C19H19ClN4O3. The first-order valence-corrected chi connectivity index (χ1v) is 9.25. The van der Waals surface area contributed by atoms with E-state index in [-0.39, 0.29) is 11.8 Å². The fourth-order valence-electron chi connectivity index (χ4n) is 3.36. The van der Waals surface area contributed by atoms with Crippen LogP contribution in [0.5, 0.6) is 0 Å². The molecule has 140 valence electrons. The summed E-state index contributed by atoms with van der Waals surface area (Å²) in [6.45, 7) is 3.84. The number of furan rings is 1. The molecule has 2 amide bonds. The summed E-state index contributed by atoms with van der Waals surface area (Å²) in [7, 11) is 0. The zero-order valence-electron chi connectivity index (χ0n) is 14.9. The van der Waals surface area contributed by atoms with E-state index in [1.54, 1.807) is 44.7 Å². The van der Waals surface area contributed by atoms with Gasteiger partial charge in [0.05, 0.1) is 12.0 Å². The van der Waals surface area contributed by atoms with Gasteiger partial charge < -0.3 is 14.2 Å². The van der Waals surface area contributed by atoms with Crippen LogP contribution in [0, 0.1) is 0 Å². The number of aromatic nitrogens is 2. The Morgan fingerprint density at radius 2 is 1.85 bits per heavy atom. The molecule has 0 unspecified atom stereocenters. The summed E-state index contributed by atoms with van der Waals surface area (Å²) >= 11 is 6.05. The molecule has 0 spiro atoms. The highest BCUT2D eigenvalue weighted by Gasteiger charge is 2.29. The Labute approximate surface area is 161 Å². The Kier molecular flexibility index (Phi) is 4.61. The van der Waals surface area contributed by atoms with Crippen LogP contribution in [0.15, 0.2) is 41.1 Å². The van der Waals surface area contributed by atoms with E-state index < -0.39 is 0 Å². The first kappa shape index (κ1) is 17.6. The van der Waals surface area contributed by atoms with Gasteiger partial charge in [-0.3, -0.25) is 14.0 Å². The van der Waals surface area contributed by atoms with Crippen LogP contribution >= 0.6 is 11.6 Å². The third-order valence-corrected chi connectivity index (χ3v) is 5.02. The maximum atomic E-state index is 13.2. The molecule has 1 fully saturated rings. The van der Waals surface area contributed by atoms with Gasteiger partial charge in [0.2, 0.25) is 0 Å². The monoisotopic (exact) mass is 386 g/mol. The number of aryl methyl sites for hydroxylation is 1. The molecule has 3 aromatic rings. The summed E-state index contributed by atoms with van der Waals surface area (Å²) in [4.78, 5) is 33.5. The molecule has 8 heteroatoms. The zero-order chi connectivity index (χ0) is 19.0. The van der Waals surface area contributed by atoms with Crippen LogP contribution < -0.4 is 0 Å². The Hall–Kier alpha value is -2.80. The predicted molar refractivity (Wildman–Crippen MR) is 100 cm³/mol. The van der Waals surface area contributed by atoms with E-state index in [1.165, 1.54) is 6.26 Å². The number of imidazole rings is 1. The van der Waals surface area contributed by atoms with Crippen molar-refractivity contribution in [2.45, 2.75) is 13.3 Å². The molecule has 0 aliphatic carbocycles. The molecule has 0 saturated carbocycles. The van der Waals surface area contributed by atoms with E-state index in [0.29, 0.717) is 54.7 Å². The number of nitrogens with zero attached hydrogens (tertiary/aromatic N) is 4. The van der Waals surface area contributed by atoms with E-state index in [9.17, 15) is 9.59 Å². The van der Waals surface area contributed by atoms with Gasteiger partial charge in [-0.05, 0) is 24.6 Å². The van der Waals surface area contributed by atoms with E-state index in [1.807, 2.05) is 6.92 Å². The highest BCUT2D eigenvalue weighted by Crippen LogP contribution is 2.20. The van der Waals surface area contributed by atoms with Crippen LogP contribution in [0.4, 0.5) is 0 Å². The minimum atomic E-state index is -0.147. The van der Waals surface area contributed by atoms with Gasteiger partial charge in [-0.15, -0.1) is 0 Å². The van der Waals surface area contributed by atoms with Gasteiger partial charge in [-0.2, -0.15) is 0 Å². The van der Waals surface area contributed by atoms with Crippen LogP contribution in [0.1, 0.15) is 33.7 Å². The Morgan fingerprint density at radius 3 is 2.48 bits per heavy atom. The summed E-state index contributed by atoms with van der Waals surface area (Å²) in [5, 5.41) is 0.583. The molecule has 27 heavy (non-hydrogen) atoms. The molecule has 4 rings (SSSR count). The fraction of sp³-hybridized carbons (Fsp3) is 0.316. The Balaban J connectivity index is 1.53. The number of halogens is 1. The lowest BCUT2D eigenvalue weighted by atomic mass is 10.2. The molecule has 0 atom stereocenters. The molecule has 1 aliphatic heterocycles. The van der Waals surface area contributed by atoms with E-state index >= 15 is 0 Å². The smallest absolute Gasteiger partial charge is 0.289 e. The molecule has 0 N–H and O–H groups in total. The van der Waals surface area contributed by atoms with Crippen molar-refractivity contribution in [3.05, 3.63) is 58.9 Å². The zero-order valence-corrected chi connectivity index (χ0v) is 15.6. The molecule has 7 nitrogen and oxygen atoms in total. The fourth-order valence-corrected chi connectivity index (χ4v) is 3.51. The highest BCUT2D eigenvalue weighted by atomic mass is 35.5.